The van der Waals surface area contributed by atoms with Crippen LogP contribution in [0.2, 0.25) is 0 Å². The average molecular weight is 369 g/mol. The van der Waals surface area contributed by atoms with Crippen LogP contribution in [0.5, 0.6) is 0 Å². The van der Waals surface area contributed by atoms with Gasteiger partial charge in [-0.2, -0.15) is 0 Å². The van der Waals surface area contributed by atoms with Gasteiger partial charge in [-0.25, -0.2) is 0 Å². The van der Waals surface area contributed by atoms with Crippen LogP contribution in [-0.4, -0.2) is 47.3 Å². The topological polar surface area (TPSA) is 69.9 Å². The fraction of sp³-hybridized carbons (Fsp3) is 0.818. The van der Waals surface area contributed by atoms with Crippen LogP contribution in [0, 0.1) is 11.8 Å². The number of hydrogen-bond acceptors (Lipinski definition) is 4. The Morgan fingerprint density at radius 2 is 1.54 bits per heavy atom. The Hall–Kier alpha value is -0.680. The molecule has 4 atom stereocenters. The number of allylic oxidation sites excluding steroid dienone is 3. The van der Waals surface area contributed by atoms with Crippen LogP contribution in [-0.2, 0) is 4.74 Å². The minimum absolute atomic E-state index is 0.119. The molecular formula is C22H40O4. The molecule has 0 aliphatic heterocycles. The summed E-state index contributed by atoms with van der Waals surface area (Å²) < 4.78 is 5.89. The van der Waals surface area contributed by atoms with E-state index in [4.69, 9.17) is 14.9 Å². The van der Waals surface area contributed by atoms with Gasteiger partial charge in [0.25, 0.3) is 0 Å². The first-order valence-electron chi connectivity index (χ1n) is 10.6. The zero-order valence-corrected chi connectivity index (χ0v) is 16.6. The lowest BCUT2D eigenvalue weighted by atomic mass is 9.89. The maximum absolute atomic E-state index is 10.5. The third-order valence-electron chi connectivity index (χ3n) is 5.26. The van der Waals surface area contributed by atoms with Gasteiger partial charge in [0, 0.05) is 32.2 Å². The van der Waals surface area contributed by atoms with Crippen molar-refractivity contribution in [2.45, 2.75) is 83.3 Å². The van der Waals surface area contributed by atoms with Crippen LogP contribution in [0.3, 0.4) is 0 Å². The molecule has 4 heteroatoms. The molecule has 26 heavy (non-hydrogen) atoms. The highest BCUT2D eigenvalue weighted by molar-refractivity contribution is 5.05. The Morgan fingerprint density at radius 1 is 0.885 bits per heavy atom. The summed E-state index contributed by atoms with van der Waals surface area (Å²) in [5.74, 6) is 0.510. The molecule has 0 heterocycles. The van der Waals surface area contributed by atoms with E-state index < -0.39 is 0 Å². The Kier molecular flexibility index (Phi) is 13.8. The minimum atomic E-state index is -0.298. The van der Waals surface area contributed by atoms with Crippen LogP contribution in [0.4, 0.5) is 0 Å². The molecule has 0 aromatic rings. The molecule has 1 unspecified atom stereocenters. The fourth-order valence-corrected chi connectivity index (χ4v) is 3.80. The van der Waals surface area contributed by atoms with Crippen molar-refractivity contribution in [3.05, 3.63) is 24.3 Å². The molecule has 1 saturated carbocycles. The molecule has 1 aliphatic carbocycles. The van der Waals surface area contributed by atoms with Crippen LogP contribution in [0.25, 0.3) is 0 Å². The van der Waals surface area contributed by atoms with Gasteiger partial charge in [-0.3, -0.25) is 0 Å². The second-order valence-corrected chi connectivity index (χ2v) is 7.32. The van der Waals surface area contributed by atoms with Gasteiger partial charge in [-0.15, -0.1) is 0 Å². The number of unbranched alkanes of at least 4 members (excludes halogenated alkanes) is 6. The predicted octanol–water partition coefficient (Wildman–Crippen LogP) is 4.00. The lowest BCUT2D eigenvalue weighted by Crippen LogP contribution is -2.21. The highest BCUT2D eigenvalue weighted by atomic mass is 16.5. The highest BCUT2D eigenvalue weighted by Gasteiger charge is 2.40. The molecule has 0 bridgehead atoms. The zero-order chi connectivity index (χ0) is 19.0. The summed E-state index contributed by atoms with van der Waals surface area (Å²) in [6, 6.07) is 0. The molecule has 0 saturated heterocycles. The van der Waals surface area contributed by atoms with Gasteiger partial charge in [0.1, 0.15) is 0 Å². The van der Waals surface area contributed by atoms with Crippen molar-refractivity contribution in [3.8, 4) is 0 Å². The van der Waals surface area contributed by atoms with Gasteiger partial charge in [0.2, 0.25) is 0 Å². The Morgan fingerprint density at radius 3 is 2.27 bits per heavy atom. The molecule has 0 spiro atoms. The number of rotatable bonds is 15. The summed E-state index contributed by atoms with van der Waals surface area (Å²) in [4.78, 5) is 0. The average Bonchev–Trinajstić information content (AvgIpc) is 2.92. The first kappa shape index (κ1) is 23.4. The Balaban J connectivity index is 2.47. The van der Waals surface area contributed by atoms with Crippen molar-refractivity contribution >= 4 is 0 Å². The van der Waals surface area contributed by atoms with Crippen molar-refractivity contribution in [2.75, 3.05) is 19.8 Å². The van der Waals surface area contributed by atoms with Crippen molar-refractivity contribution in [3.63, 3.8) is 0 Å². The van der Waals surface area contributed by atoms with E-state index in [1.807, 2.05) is 6.92 Å². The lowest BCUT2D eigenvalue weighted by Gasteiger charge is -2.21. The van der Waals surface area contributed by atoms with Crippen molar-refractivity contribution in [1.82, 2.24) is 0 Å². The number of aliphatic hydroxyl groups excluding tert-OH is 3. The van der Waals surface area contributed by atoms with E-state index in [0.717, 1.165) is 64.2 Å². The second-order valence-electron chi connectivity index (χ2n) is 7.32. The van der Waals surface area contributed by atoms with E-state index in [1.165, 1.54) is 0 Å². The molecule has 1 rings (SSSR count). The van der Waals surface area contributed by atoms with E-state index in [1.54, 1.807) is 0 Å². The smallest absolute Gasteiger partial charge is 0.0665 e. The molecule has 0 aromatic carbocycles. The van der Waals surface area contributed by atoms with Crippen molar-refractivity contribution in [2.24, 2.45) is 11.8 Å². The van der Waals surface area contributed by atoms with E-state index in [9.17, 15) is 5.11 Å². The SMILES string of the molecule is CCO[C@H]1C[C@@H](O)C(C/C=C\CCCCO)[C@@H]1/C=C/CCCCCCO. The molecule has 1 aliphatic rings. The summed E-state index contributed by atoms with van der Waals surface area (Å²) in [5, 5.41) is 28.1. The van der Waals surface area contributed by atoms with Crippen LogP contribution in [0.15, 0.2) is 24.3 Å². The number of hydrogen-bond donors (Lipinski definition) is 3. The van der Waals surface area contributed by atoms with E-state index in [2.05, 4.69) is 24.3 Å². The zero-order valence-electron chi connectivity index (χ0n) is 16.6. The highest BCUT2D eigenvalue weighted by Crippen LogP contribution is 2.38. The first-order valence-corrected chi connectivity index (χ1v) is 10.6. The normalized spacial score (nSPS) is 26.5. The number of ether oxygens (including phenoxy) is 1. The third kappa shape index (κ3) is 9.31. The van der Waals surface area contributed by atoms with Crippen molar-refractivity contribution < 1.29 is 20.1 Å². The monoisotopic (exact) mass is 368 g/mol. The molecule has 0 amide bonds. The fourth-order valence-electron chi connectivity index (χ4n) is 3.80. The Bertz CT molecular complexity index is 380. The molecule has 0 aromatic heterocycles. The van der Waals surface area contributed by atoms with Gasteiger partial charge in [-0.05, 0) is 57.8 Å². The van der Waals surface area contributed by atoms with E-state index in [0.29, 0.717) is 13.2 Å². The van der Waals surface area contributed by atoms with Gasteiger partial charge in [0.15, 0.2) is 0 Å². The molecule has 4 nitrogen and oxygen atoms in total. The standard InChI is InChI=1S/C22H40O4/c1-2-26-22-18-21(25)19(14-10-7-5-9-13-17-24)20(22)15-11-6-3-4-8-12-16-23/h7,10-11,15,19-25H,2-6,8-9,12-14,16-18H2,1H3/b10-7-,15-11+/t19?,20-,21+,22-/m0/s1. The second kappa shape index (κ2) is 15.4. The van der Waals surface area contributed by atoms with Gasteiger partial charge in [-0.1, -0.05) is 37.1 Å². The predicted molar refractivity (Wildman–Crippen MR) is 107 cm³/mol. The first-order chi connectivity index (χ1) is 12.7. The molecule has 3 N–H and O–H groups in total. The lowest BCUT2D eigenvalue weighted by molar-refractivity contribution is 0.0401. The maximum Gasteiger partial charge on any atom is 0.0665 e. The summed E-state index contributed by atoms with van der Waals surface area (Å²) in [7, 11) is 0. The molecule has 0 radical (unpaired) electrons. The van der Waals surface area contributed by atoms with Gasteiger partial charge >= 0.3 is 0 Å². The van der Waals surface area contributed by atoms with Crippen molar-refractivity contribution in [1.29, 1.82) is 0 Å². The van der Waals surface area contributed by atoms with E-state index in [-0.39, 0.29) is 30.7 Å². The molecule has 1 fully saturated rings. The van der Waals surface area contributed by atoms with Crippen LogP contribution < -0.4 is 0 Å². The third-order valence-corrected chi connectivity index (χ3v) is 5.26. The molecule has 152 valence electrons. The summed E-state index contributed by atoms with van der Waals surface area (Å²) in [6.07, 6.45) is 18.6. The van der Waals surface area contributed by atoms with E-state index >= 15 is 0 Å². The summed E-state index contributed by atoms with van der Waals surface area (Å²) in [5.41, 5.74) is 0. The summed E-state index contributed by atoms with van der Waals surface area (Å²) >= 11 is 0. The van der Waals surface area contributed by atoms with Crippen LogP contribution >= 0.6 is 0 Å². The minimum Gasteiger partial charge on any atom is -0.396 e. The van der Waals surface area contributed by atoms with Gasteiger partial charge in [0.05, 0.1) is 12.2 Å². The van der Waals surface area contributed by atoms with Gasteiger partial charge < -0.3 is 20.1 Å². The maximum atomic E-state index is 10.5. The van der Waals surface area contributed by atoms with Crippen LogP contribution in [0.1, 0.15) is 71.1 Å². The Labute approximate surface area is 160 Å². The number of aliphatic hydroxyl groups is 3. The quantitative estimate of drug-likeness (QED) is 0.302. The largest absolute Gasteiger partial charge is 0.396 e. The molecular weight excluding hydrogens is 328 g/mol. The summed E-state index contributed by atoms with van der Waals surface area (Å²) in [6.45, 7) is 3.26.